The van der Waals surface area contributed by atoms with Gasteiger partial charge in [0.15, 0.2) is 5.69 Å². The Kier molecular flexibility index (Phi) is 3.95. The van der Waals surface area contributed by atoms with Crippen molar-refractivity contribution < 1.29 is 19.6 Å². The first-order valence-corrected chi connectivity index (χ1v) is 7.55. The largest absolute Gasteiger partial charge is 0.480 e. The summed E-state index contributed by atoms with van der Waals surface area (Å²) in [6, 6.07) is 5.74. The molecule has 1 fully saturated rings. The Morgan fingerprint density at radius 1 is 1.40 bits per heavy atom. The summed E-state index contributed by atoms with van der Waals surface area (Å²) in [6.45, 7) is 1.83. The van der Waals surface area contributed by atoms with Crippen LogP contribution in [-0.4, -0.2) is 53.9 Å². The van der Waals surface area contributed by atoms with Gasteiger partial charge in [-0.1, -0.05) is 11.3 Å². The molecule has 10 heteroatoms. The van der Waals surface area contributed by atoms with Crippen molar-refractivity contribution in [3.8, 4) is 5.69 Å². The summed E-state index contributed by atoms with van der Waals surface area (Å²) in [4.78, 5) is 35.7. The molecule has 0 spiro atoms. The zero-order chi connectivity index (χ0) is 18.2. The van der Waals surface area contributed by atoms with Gasteiger partial charge < -0.3 is 10.0 Å². The molecule has 1 N–H and O–H groups in total. The van der Waals surface area contributed by atoms with Crippen LogP contribution in [-0.2, 0) is 4.79 Å². The summed E-state index contributed by atoms with van der Waals surface area (Å²) < 4.78 is 1.24. The fourth-order valence-electron chi connectivity index (χ4n) is 2.89. The van der Waals surface area contributed by atoms with Gasteiger partial charge >= 0.3 is 5.97 Å². The average Bonchev–Trinajstić information content (AvgIpc) is 3.22. The predicted octanol–water partition coefficient (Wildman–Crippen LogP) is 1.25. The summed E-state index contributed by atoms with van der Waals surface area (Å²) in [5, 5.41) is 27.9. The lowest BCUT2D eigenvalue weighted by molar-refractivity contribution is -0.384. The Hall–Kier alpha value is -3.30. The van der Waals surface area contributed by atoms with Gasteiger partial charge in [-0.15, -0.1) is 5.10 Å². The van der Waals surface area contributed by atoms with Gasteiger partial charge in [0.1, 0.15) is 5.54 Å². The first-order valence-electron chi connectivity index (χ1n) is 7.55. The van der Waals surface area contributed by atoms with Crippen molar-refractivity contribution in [3.63, 3.8) is 0 Å². The van der Waals surface area contributed by atoms with Gasteiger partial charge in [0.2, 0.25) is 0 Å². The highest BCUT2D eigenvalue weighted by molar-refractivity contribution is 5.96. The number of aliphatic carboxylic acids is 1. The topological polar surface area (TPSA) is 131 Å². The Balaban J connectivity index is 1.89. The molecule has 1 aliphatic rings. The van der Waals surface area contributed by atoms with Crippen LogP contribution in [0.15, 0.2) is 30.5 Å². The smallest absolute Gasteiger partial charge is 0.329 e. The minimum atomic E-state index is -1.27. The van der Waals surface area contributed by atoms with E-state index in [1.807, 2.05) is 0 Å². The second kappa shape index (κ2) is 5.96. The van der Waals surface area contributed by atoms with E-state index in [1.54, 1.807) is 6.07 Å². The monoisotopic (exact) mass is 345 g/mol. The molecule has 0 aliphatic carbocycles. The number of amides is 1. The Bertz CT molecular complexity index is 864. The first-order chi connectivity index (χ1) is 11.8. The number of nitro groups is 1. The summed E-state index contributed by atoms with van der Waals surface area (Å²) in [7, 11) is 0. The van der Waals surface area contributed by atoms with E-state index in [9.17, 15) is 24.8 Å². The molecule has 2 aromatic rings. The van der Waals surface area contributed by atoms with E-state index < -0.39 is 22.3 Å². The van der Waals surface area contributed by atoms with Crippen LogP contribution < -0.4 is 0 Å². The fraction of sp³-hybridized carbons (Fsp3) is 0.333. The van der Waals surface area contributed by atoms with Crippen LogP contribution in [0, 0.1) is 10.1 Å². The maximum atomic E-state index is 12.6. The SMILES string of the molecule is CC1(C(=O)O)CCCN1C(=O)c1cn(-c2cccc([N+](=O)[O-])c2)nn1. The molecule has 3 rings (SSSR count). The van der Waals surface area contributed by atoms with Crippen molar-refractivity contribution in [2.75, 3.05) is 6.54 Å². The van der Waals surface area contributed by atoms with Gasteiger partial charge in [0.25, 0.3) is 11.6 Å². The van der Waals surface area contributed by atoms with Crippen molar-refractivity contribution in [3.05, 3.63) is 46.3 Å². The third kappa shape index (κ3) is 2.82. The van der Waals surface area contributed by atoms with E-state index in [0.29, 0.717) is 25.1 Å². The van der Waals surface area contributed by atoms with Gasteiger partial charge in [-0.25, -0.2) is 9.48 Å². The van der Waals surface area contributed by atoms with Crippen LogP contribution in [0.2, 0.25) is 0 Å². The van der Waals surface area contributed by atoms with E-state index >= 15 is 0 Å². The predicted molar refractivity (Wildman–Crippen MR) is 84.3 cm³/mol. The summed E-state index contributed by atoms with van der Waals surface area (Å²) >= 11 is 0. The molecular weight excluding hydrogens is 330 g/mol. The highest BCUT2D eigenvalue weighted by Gasteiger charge is 2.46. The number of nitrogens with zero attached hydrogens (tertiary/aromatic N) is 5. The minimum Gasteiger partial charge on any atom is -0.480 e. The summed E-state index contributed by atoms with van der Waals surface area (Å²) in [5.41, 5.74) is -1.02. The van der Waals surface area contributed by atoms with E-state index in [-0.39, 0.29) is 11.4 Å². The van der Waals surface area contributed by atoms with Crippen molar-refractivity contribution in [1.82, 2.24) is 19.9 Å². The lowest BCUT2D eigenvalue weighted by atomic mass is 9.99. The number of carboxylic acids is 1. The van der Waals surface area contributed by atoms with Crippen molar-refractivity contribution in [1.29, 1.82) is 0 Å². The van der Waals surface area contributed by atoms with E-state index in [2.05, 4.69) is 10.3 Å². The number of aromatic nitrogens is 3. The Morgan fingerprint density at radius 3 is 2.84 bits per heavy atom. The third-order valence-electron chi connectivity index (χ3n) is 4.36. The second-order valence-corrected chi connectivity index (χ2v) is 5.96. The van der Waals surface area contributed by atoms with Gasteiger partial charge in [-0.2, -0.15) is 0 Å². The van der Waals surface area contributed by atoms with Gasteiger partial charge in [-0.3, -0.25) is 14.9 Å². The molecule has 1 aromatic carbocycles. The molecule has 2 heterocycles. The van der Waals surface area contributed by atoms with E-state index in [4.69, 9.17) is 0 Å². The Morgan fingerprint density at radius 2 is 2.16 bits per heavy atom. The van der Waals surface area contributed by atoms with Crippen LogP contribution in [0.1, 0.15) is 30.3 Å². The summed E-state index contributed by atoms with van der Waals surface area (Å²) in [6.07, 6.45) is 2.29. The summed E-state index contributed by atoms with van der Waals surface area (Å²) in [5.74, 6) is -1.59. The van der Waals surface area contributed by atoms with E-state index in [1.165, 1.54) is 40.9 Å². The molecular formula is C15H15N5O5. The molecule has 0 bridgehead atoms. The average molecular weight is 345 g/mol. The van der Waals surface area contributed by atoms with E-state index in [0.717, 1.165) is 0 Å². The van der Waals surface area contributed by atoms with Gasteiger partial charge in [-0.05, 0) is 25.8 Å². The molecule has 1 saturated heterocycles. The van der Waals surface area contributed by atoms with Crippen LogP contribution in [0.3, 0.4) is 0 Å². The third-order valence-corrected chi connectivity index (χ3v) is 4.36. The molecule has 0 radical (unpaired) electrons. The first kappa shape index (κ1) is 16.6. The number of benzene rings is 1. The fourth-order valence-corrected chi connectivity index (χ4v) is 2.89. The zero-order valence-electron chi connectivity index (χ0n) is 13.3. The maximum absolute atomic E-state index is 12.6. The highest BCUT2D eigenvalue weighted by atomic mass is 16.6. The molecule has 25 heavy (non-hydrogen) atoms. The lowest BCUT2D eigenvalue weighted by Crippen LogP contribution is -2.50. The number of carbonyl (C=O) groups is 2. The Labute approximate surface area is 141 Å². The number of rotatable bonds is 4. The number of hydrogen-bond donors (Lipinski definition) is 1. The molecule has 1 amide bonds. The normalized spacial score (nSPS) is 19.8. The molecule has 1 unspecified atom stereocenters. The molecule has 1 atom stereocenters. The van der Waals surface area contributed by atoms with Gasteiger partial charge in [0, 0.05) is 18.7 Å². The van der Waals surface area contributed by atoms with Crippen LogP contribution in [0.25, 0.3) is 5.69 Å². The molecule has 10 nitrogen and oxygen atoms in total. The van der Waals surface area contributed by atoms with Crippen LogP contribution in [0.5, 0.6) is 0 Å². The maximum Gasteiger partial charge on any atom is 0.329 e. The van der Waals surface area contributed by atoms with Gasteiger partial charge in [0.05, 0.1) is 16.8 Å². The highest BCUT2D eigenvalue weighted by Crippen LogP contribution is 2.30. The van der Waals surface area contributed by atoms with Crippen LogP contribution >= 0.6 is 0 Å². The second-order valence-electron chi connectivity index (χ2n) is 5.96. The number of nitro benzene ring substituents is 1. The number of likely N-dealkylation sites (tertiary alicyclic amines) is 1. The number of hydrogen-bond acceptors (Lipinski definition) is 6. The number of non-ortho nitro benzene ring substituents is 1. The molecule has 1 aliphatic heterocycles. The van der Waals surface area contributed by atoms with Crippen molar-refractivity contribution >= 4 is 17.6 Å². The van der Waals surface area contributed by atoms with Crippen molar-refractivity contribution in [2.24, 2.45) is 0 Å². The lowest BCUT2D eigenvalue weighted by Gasteiger charge is -2.30. The minimum absolute atomic E-state index is 0.0131. The quantitative estimate of drug-likeness (QED) is 0.651. The standard InChI is InChI=1S/C15H15N5O5/c1-15(14(22)23)6-3-7-18(15)13(21)12-9-19(17-16-12)10-4-2-5-11(8-10)20(24)25/h2,4-5,8-9H,3,6-7H2,1H3,(H,22,23). The molecule has 130 valence electrons. The number of carbonyl (C=O) groups excluding carboxylic acids is 1. The zero-order valence-corrected chi connectivity index (χ0v) is 13.3. The van der Waals surface area contributed by atoms with Crippen molar-refractivity contribution in [2.45, 2.75) is 25.3 Å². The molecule has 1 aromatic heterocycles. The van der Waals surface area contributed by atoms with Crippen LogP contribution in [0.4, 0.5) is 5.69 Å². The molecule has 0 saturated carbocycles. The number of carboxylic acid groups (broad SMARTS) is 1.